The summed E-state index contributed by atoms with van der Waals surface area (Å²) in [6, 6.07) is 10.2. The van der Waals surface area contributed by atoms with Gasteiger partial charge < -0.3 is 19.3 Å². The fourth-order valence-corrected chi connectivity index (χ4v) is 2.65. The van der Waals surface area contributed by atoms with Crippen molar-refractivity contribution in [3.05, 3.63) is 53.2 Å². The van der Waals surface area contributed by atoms with Crippen LogP contribution in [0.1, 0.15) is 16.2 Å². The van der Waals surface area contributed by atoms with E-state index in [4.69, 9.17) is 14.0 Å². The topological polar surface area (TPSA) is 104 Å². The third-order valence-corrected chi connectivity index (χ3v) is 4.17. The molecule has 3 rings (SSSR count). The van der Waals surface area contributed by atoms with Crippen LogP contribution in [0.15, 0.2) is 46.3 Å². The Kier molecular flexibility index (Phi) is 5.59. The molecule has 8 nitrogen and oxygen atoms in total. The molecule has 0 unspecified atom stereocenters. The number of methoxy groups -OCH3 is 1. The van der Waals surface area contributed by atoms with E-state index in [2.05, 4.69) is 15.5 Å². The van der Waals surface area contributed by atoms with Crippen molar-refractivity contribution < 1.29 is 23.6 Å². The highest BCUT2D eigenvalue weighted by Crippen LogP contribution is 2.22. The van der Waals surface area contributed by atoms with Crippen molar-refractivity contribution in [1.82, 2.24) is 15.5 Å². The Hall–Kier alpha value is -3.20. The van der Waals surface area contributed by atoms with E-state index in [1.165, 1.54) is 18.4 Å². The van der Waals surface area contributed by atoms with Gasteiger partial charge in [0, 0.05) is 5.56 Å². The number of hydrogen-bond donors (Lipinski definition) is 1. The van der Waals surface area contributed by atoms with Crippen LogP contribution in [0.4, 0.5) is 0 Å². The van der Waals surface area contributed by atoms with Crippen molar-refractivity contribution >= 4 is 23.2 Å². The molecule has 0 bridgehead atoms. The minimum absolute atomic E-state index is 0.133. The monoisotopic (exact) mass is 373 g/mol. The molecule has 134 valence electrons. The van der Waals surface area contributed by atoms with E-state index in [9.17, 15) is 9.59 Å². The quantitative estimate of drug-likeness (QED) is 0.634. The minimum Gasteiger partial charge on any atom is -0.497 e. The van der Waals surface area contributed by atoms with Crippen molar-refractivity contribution in [2.45, 2.75) is 6.61 Å². The molecule has 0 radical (unpaired) electrons. The van der Waals surface area contributed by atoms with Crippen LogP contribution in [0.5, 0.6) is 5.75 Å². The third kappa shape index (κ3) is 4.45. The standard InChI is InChI=1S/C17H15N3O5S/c1-23-12-6-4-11(5-7-12)16(22)18-9-15(21)24-10-14-19-17(25-20-14)13-3-2-8-26-13/h2-8H,9-10H2,1H3,(H,18,22). The van der Waals surface area contributed by atoms with E-state index in [0.29, 0.717) is 17.2 Å². The second kappa shape index (κ2) is 8.26. The van der Waals surface area contributed by atoms with Crippen LogP contribution in [-0.2, 0) is 16.1 Å². The zero-order chi connectivity index (χ0) is 18.4. The lowest BCUT2D eigenvalue weighted by molar-refractivity contribution is -0.143. The average molecular weight is 373 g/mol. The maximum atomic E-state index is 12.0. The van der Waals surface area contributed by atoms with E-state index >= 15 is 0 Å². The molecule has 0 aliphatic rings. The first-order valence-corrected chi connectivity index (χ1v) is 8.48. The molecule has 1 aromatic carbocycles. The number of carbonyl (C=O) groups excluding carboxylic acids is 2. The number of carbonyl (C=O) groups is 2. The van der Waals surface area contributed by atoms with Gasteiger partial charge in [-0.2, -0.15) is 4.98 Å². The smallest absolute Gasteiger partial charge is 0.325 e. The Morgan fingerprint density at radius 2 is 2.04 bits per heavy atom. The maximum Gasteiger partial charge on any atom is 0.325 e. The molecule has 0 spiro atoms. The van der Waals surface area contributed by atoms with Gasteiger partial charge in [0.05, 0.1) is 12.0 Å². The number of hydrogen-bond acceptors (Lipinski definition) is 8. The first-order valence-electron chi connectivity index (χ1n) is 7.60. The van der Waals surface area contributed by atoms with Crippen molar-refractivity contribution in [3.8, 4) is 16.5 Å². The number of amides is 1. The van der Waals surface area contributed by atoms with E-state index in [1.54, 1.807) is 24.3 Å². The van der Waals surface area contributed by atoms with Crippen molar-refractivity contribution in [2.75, 3.05) is 13.7 Å². The van der Waals surface area contributed by atoms with Gasteiger partial charge in [0.1, 0.15) is 12.3 Å². The van der Waals surface area contributed by atoms with Crippen LogP contribution < -0.4 is 10.1 Å². The molecule has 0 aliphatic heterocycles. The SMILES string of the molecule is COc1ccc(C(=O)NCC(=O)OCc2noc(-c3cccs3)n2)cc1. The molecule has 26 heavy (non-hydrogen) atoms. The molecule has 0 atom stereocenters. The summed E-state index contributed by atoms with van der Waals surface area (Å²) in [6.45, 7) is -0.396. The van der Waals surface area contributed by atoms with E-state index in [-0.39, 0.29) is 24.9 Å². The molecular weight excluding hydrogens is 358 g/mol. The zero-order valence-corrected chi connectivity index (χ0v) is 14.6. The maximum absolute atomic E-state index is 12.0. The van der Waals surface area contributed by atoms with Crippen molar-refractivity contribution in [2.24, 2.45) is 0 Å². The highest BCUT2D eigenvalue weighted by molar-refractivity contribution is 7.13. The highest BCUT2D eigenvalue weighted by Gasteiger charge is 2.13. The van der Waals surface area contributed by atoms with Crippen LogP contribution in [-0.4, -0.2) is 35.7 Å². The highest BCUT2D eigenvalue weighted by atomic mass is 32.1. The van der Waals surface area contributed by atoms with Gasteiger partial charge in [0.15, 0.2) is 6.61 Å². The number of ether oxygens (including phenoxy) is 2. The predicted octanol–water partition coefficient (Wildman–Crippen LogP) is 2.28. The summed E-state index contributed by atoms with van der Waals surface area (Å²) in [5.74, 6) is 0.281. The fraction of sp³-hybridized carbons (Fsp3) is 0.176. The molecule has 0 saturated carbocycles. The Morgan fingerprint density at radius 1 is 1.23 bits per heavy atom. The first-order chi connectivity index (χ1) is 12.7. The Bertz CT molecular complexity index is 874. The van der Waals surface area contributed by atoms with Crippen molar-refractivity contribution in [1.29, 1.82) is 0 Å². The lowest BCUT2D eigenvalue weighted by Crippen LogP contribution is -2.30. The van der Waals surface area contributed by atoms with Crippen LogP contribution in [0.2, 0.25) is 0 Å². The van der Waals surface area contributed by atoms with Gasteiger partial charge in [-0.1, -0.05) is 11.2 Å². The zero-order valence-electron chi connectivity index (χ0n) is 13.8. The molecule has 0 fully saturated rings. The Morgan fingerprint density at radius 3 is 2.73 bits per heavy atom. The lowest BCUT2D eigenvalue weighted by atomic mass is 10.2. The summed E-state index contributed by atoms with van der Waals surface area (Å²) in [7, 11) is 1.54. The van der Waals surface area contributed by atoms with E-state index in [1.807, 2.05) is 17.5 Å². The van der Waals surface area contributed by atoms with Gasteiger partial charge in [0.25, 0.3) is 11.8 Å². The molecule has 0 aliphatic carbocycles. The number of nitrogens with zero attached hydrogens (tertiary/aromatic N) is 2. The largest absolute Gasteiger partial charge is 0.497 e. The summed E-state index contributed by atoms with van der Waals surface area (Å²) in [5.41, 5.74) is 0.414. The molecule has 0 saturated heterocycles. The van der Waals surface area contributed by atoms with Gasteiger partial charge in [-0.3, -0.25) is 9.59 Å². The number of benzene rings is 1. The number of rotatable bonds is 7. The van der Waals surface area contributed by atoms with Crippen molar-refractivity contribution in [3.63, 3.8) is 0 Å². The Balaban J connectivity index is 1.44. The van der Waals surface area contributed by atoms with Gasteiger partial charge in [-0.25, -0.2) is 0 Å². The summed E-state index contributed by atoms with van der Waals surface area (Å²) in [6.07, 6.45) is 0. The van der Waals surface area contributed by atoms with E-state index < -0.39 is 5.97 Å². The van der Waals surface area contributed by atoms with Crippen LogP contribution in [0, 0.1) is 0 Å². The third-order valence-electron chi connectivity index (χ3n) is 3.31. The van der Waals surface area contributed by atoms with E-state index in [0.717, 1.165) is 4.88 Å². The second-order valence-electron chi connectivity index (χ2n) is 5.06. The second-order valence-corrected chi connectivity index (χ2v) is 6.01. The predicted molar refractivity (Wildman–Crippen MR) is 92.7 cm³/mol. The molecular formula is C17H15N3O5S. The van der Waals surface area contributed by atoms with Crippen LogP contribution in [0.25, 0.3) is 10.8 Å². The summed E-state index contributed by atoms with van der Waals surface area (Å²) in [4.78, 5) is 28.7. The summed E-state index contributed by atoms with van der Waals surface area (Å²) >= 11 is 1.47. The van der Waals surface area contributed by atoms with Gasteiger partial charge in [-0.15, -0.1) is 11.3 Å². The first kappa shape index (κ1) is 17.6. The van der Waals surface area contributed by atoms with Crippen LogP contribution >= 0.6 is 11.3 Å². The number of esters is 1. The molecule has 1 amide bonds. The number of thiophene rings is 1. The summed E-state index contributed by atoms with van der Waals surface area (Å²) < 4.78 is 15.1. The minimum atomic E-state index is -0.602. The molecule has 2 heterocycles. The normalized spacial score (nSPS) is 10.3. The van der Waals surface area contributed by atoms with Gasteiger partial charge >= 0.3 is 5.97 Å². The molecule has 9 heteroatoms. The van der Waals surface area contributed by atoms with Gasteiger partial charge in [-0.05, 0) is 35.7 Å². The van der Waals surface area contributed by atoms with Crippen LogP contribution in [0.3, 0.4) is 0 Å². The fourth-order valence-electron chi connectivity index (χ4n) is 2.01. The molecule has 2 aromatic heterocycles. The number of nitrogens with one attached hydrogen (secondary N) is 1. The van der Waals surface area contributed by atoms with Gasteiger partial charge in [0.2, 0.25) is 5.82 Å². The Labute approximate surface area is 152 Å². The molecule has 3 aromatic rings. The average Bonchev–Trinajstić information content (AvgIpc) is 3.36. The number of aromatic nitrogens is 2. The summed E-state index contributed by atoms with van der Waals surface area (Å²) in [5, 5.41) is 8.12. The molecule has 1 N–H and O–H groups in total. The lowest BCUT2D eigenvalue weighted by Gasteiger charge is -2.06.